The van der Waals surface area contributed by atoms with Crippen LogP contribution in [0.3, 0.4) is 0 Å². The van der Waals surface area contributed by atoms with Crippen molar-refractivity contribution in [2.24, 2.45) is 0 Å². The molecule has 2 heterocycles. The molecule has 0 spiro atoms. The zero-order valence-electron chi connectivity index (χ0n) is 13.6. The van der Waals surface area contributed by atoms with E-state index in [1.54, 1.807) is 4.90 Å². The Kier molecular flexibility index (Phi) is 4.84. The van der Waals surface area contributed by atoms with E-state index in [9.17, 15) is 20.2 Å². The number of amides is 1. The minimum Gasteiger partial charge on any atom is -0.454 e. The Balaban J connectivity index is 1.95. The van der Waals surface area contributed by atoms with Crippen molar-refractivity contribution < 1.29 is 19.2 Å². The quantitative estimate of drug-likeness (QED) is 0.361. The van der Waals surface area contributed by atoms with E-state index in [-0.39, 0.29) is 29.4 Å². The molecule has 130 valence electrons. The van der Waals surface area contributed by atoms with Crippen molar-refractivity contribution in [3.8, 4) is 17.6 Å². The fourth-order valence-corrected chi connectivity index (χ4v) is 2.96. The Morgan fingerprint density at radius 1 is 1.20 bits per heavy atom. The third-order valence-electron chi connectivity index (χ3n) is 4.26. The summed E-state index contributed by atoms with van der Waals surface area (Å²) in [6.45, 7) is 1.18. The van der Waals surface area contributed by atoms with Crippen molar-refractivity contribution >= 4 is 17.7 Å². The van der Waals surface area contributed by atoms with Gasteiger partial charge in [0.25, 0.3) is 11.6 Å². The molecule has 0 aromatic heterocycles. The Morgan fingerprint density at radius 3 is 2.44 bits per heavy atom. The Labute approximate surface area is 144 Å². The van der Waals surface area contributed by atoms with Gasteiger partial charge in [-0.15, -0.1) is 0 Å². The maximum Gasteiger partial charge on any atom is 0.280 e. The van der Waals surface area contributed by atoms with Crippen LogP contribution < -0.4 is 9.47 Å². The first-order valence-electron chi connectivity index (χ1n) is 8.09. The van der Waals surface area contributed by atoms with Gasteiger partial charge >= 0.3 is 0 Å². The molecule has 0 unspecified atom stereocenters. The lowest BCUT2D eigenvalue weighted by atomic mass is 10.1. The van der Waals surface area contributed by atoms with Gasteiger partial charge in [0, 0.05) is 13.1 Å². The summed E-state index contributed by atoms with van der Waals surface area (Å²) in [7, 11) is 0. The minimum atomic E-state index is -0.570. The highest BCUT2D eigenvalue weighted by atomic mass is 16.7. The molecule has 0 bridgehead atoms. The Bertz CT molecular complexity index is 773. The highest BCUT2D eigenvalue weighted by Gasteiger charge is 2.25. The number of ether oxygens (including phenoxy) is 2. The first-order chi connectivity index (χ1) is 12.1. The third-order valence-corrected chi connectivity index (χ3v) is 4.26. The zero-order chi connectivity index (χ0) is 17.8. The van der Waals surface area contributed by atoms with Crippen LogP contribution in [-0.2, 0) is 4.79 Å². The van der Waals surface area contributed by atoms with Crippen LogP contribution >= 0.6 is 0 Å². The van der Waals surface area contributed by atoms with E-state index < -0.39 is 10.8 Å². The number of carbonyl (C=O) groups is 1. The number of nitriles is 1. The van der Waals surface area contributed by atoms with Gasteiger partial charge in [0.2, 0.25) is 6.79 Å². The van der Waals surface area contributed by atoms with Crippen LogP contribution in [0.5, 0.6) is 11.5 Å². The second kappa shape index (κ2) is 7.21. The number of carbonyl (C=O) groups excluding carboxylic acids is 1. The molecule has 0 aliphatic carbocycles. The van der Waals surface area contributed by atoms with Crippen molar-refractivity contribution in [2.45, 2.75) is 25.7 Å². The first-order valence-corrected chi connectivity index (χ1v) is 8.09. The second-order valence-electron chi connectivity index (χ2n) is 5.90. The lowest BCUT2D eigenvalue weighted by molar-refractivity contribution is -0.385. The zero-order valence-corrected chi connectivity index (χ0v) is 13.6. The largest absolute Gasteiger partial charge is 0.454 e. The Morgan fingerprint density at radius 2 is 1.84 bits per heavy atom. The van der Waals surface area contributed by atoms with Gasteiger partial charge in [0.05, 0.1) is 16.6 Å². The molecular weight excluding hydrogens is 326 g/mol. The molecule has 1 aromatic carbocycles. The van der Waals surface area contributed by atoms with Gasteiger partial charge in [-0.05, 0) is 25.0 Å². The number of benzene rings is 1. The van der Waals surface area contributed by atoms with Crippen LogP contribution in [0.4, 0.5) is 5.69 Å². The fourth-order valence-electron chi connectivity index (χ4n) is 2.96. The van der Waals surface area contributed by atoms with Crippen molar-refractivity contribution in [3.05, 3.63) is 33.4 Å². The number of nitrogens with zero attached hydrogens (tertiary/aromatic N) is 3. The molecule has 1 saturated heterocycles. The number of fused-ring (bicyclic) bond motifs is 1. The lowest BCUT2D eigenvalue weighted by Crippen LogP contribution is -2.32. The topological polar surface area (TPSA) is 106 Å². The lowest BCUT2D eigenvalue weighted by Gasteiger charge is -2.19. The fraction of sp³-hybridized carbons (Fsp3) is 0.412. The van der Waals surface area contributed by atoms with Gasteiger partial charge in [-0.1, -0.05) is 12.8 Å². The molecule has 3 rings (SSSR count). The van der Waals surface area contributed by atoms with Gasteiger partial charge in [0.15, 0.2) is 11.5 Å². The summed E-state index contributed by atoms with van der Waals surface area (Å²) >= 11 is 0. The smallest absolute Gasteiger partial charge is 0.280 e. The van der Waals surface area contributed by atoms with Crippen molar-refractivity contribution in [1.29, 1.82) is 5.26 Å². The molecule has 1 fully saturated rings. The van der Waals surface area contributed by atoms with Crippen LogP contribution in [0.2, 0.25) is 0 Å². The average molecular weight is 343 g/mol. The van der Waals surface area contributed by atoms with E-state index >= 15 is 0 Å². The number of rotatable bonds is 3. The van der Waals surface area contributed by atoms with Crippen LogP contribution in [0.25, 0.3) is 6.08 Å². The summed E-state index contributed by atoms with van der Waals surface area (Å²) in [6, 6.07) is 4.55. The predicted octanol–water partition coefficient (Wildman–Crippen LogP) is 2.63. The Hall–Kier alpha value is -3.08. The van der Waals surface area contributed by atoms with Gasteiger partial charge in [-0.25, -0.2) is 0 Å². The normalized spacial score (nSPS) is 16.9. The maximum absolute atomic E-state index is 12.6. The molecule has 1 amide bonds. The van der Waals surface area contributed by atoms with E-state index in [0.29, 0.717) is 18.8 Å². The van der Waals surface area contributed by atoms with Crippen LogP contribution in [-0.4, -0.2) is 35.6 Å². The number of nitro benzene ring substituents is 1. The molecule has 8 nitrogen and oxygen atoms in total. The maximum atomic E-state index is 12.6. The van der Waals surface area contributed by atoms with Crippen molar-refractivity contribution in [1.82, 2.24) is 4.90 Å². The standard InChI is InChI=1S/C17H17N3O5/c18-10-13(17(21)19-5-3-1-2-4-6-19)7-12-8-15-16(25-11-24-15)9-14(12)20(22)23/h7-9H,1-6,11H2/b13-7+. The molecule has 0 N–H and O–H groups in total. The number of nitro groups is 1. The van der Waals surface area contributed by atoms with Gasteiger partial charge in [0.1, 0.15) is 11.6 Å². The van der Waals surface area contributed by atoms with Crippen LogP contribution in [0, 0.1) is 21.4 Å². The molecule has 8 heteroatoms. The van der Waals surface area contributed by atoms with Gasteiger partial charge in [-0.2, -0.15) is 5.26 Å². The van der Waals surface area contributed by atoms with Crippen LogP contribution in [0.15, 0.2) is 17.7 Å². The minimum absolute atomic E-state index is 0.0164. The SMILES string of the molecule is N#C/C(=C\c1cc2c(cc1[N+](=O)[O-])OCO2)C(=O)N1CCCCCC1. The van der Waals surface area contributed by atoms with Crippen molar-refractivity contribution in [3.63, 3.8) is 0 Å². The number of hydrogen-bond donors (Lipinski definition) is 0. The highest BCUT2D eigenvalue weighted by Crippen LogP contribution is 2.38. The summed E-state index contributed by atoms with van der Waals surface area (Å²) in [5, 5.41) is 20.7. The average Bonchev–Trinajstić information content (AvgIpc) is 2.88. The van der Waals surface area contributed by atoms with E-state index in [1.807, 2.05) is 6.07 Å². The molecule has 1 aromatic rings. The van der Waals surface area contributed by atoms with E-state index in [1.165, 1.54) is 18.2 Å². The predicted molar refractivity (Wildman–Crippen MR) is 87.9 cm³/mol. The monoisotopic (exact) mass is 343 g/mol. The van der Waals surface area contributed by atoms with Gasteiger partial charge < -0.3 is 14.4 Å². The molecule has 2 aliphatic rings. The van der Waals surface area contributed by atoms with Crippen molar-refractivity contribution in [2.75, 3.05) is 19.9 Å². The summed E-state index contributed by atoms with van der Waals surface area (Å²) in [6.07, 6.45) is 5.17. The third kappa shape index (κ3) is 3.55. The highest BCUT2D eigenvalue weighted by molar-refractivity contribution is 6.02. The van der Waals surface area contributed by atoms with E-state index in [2.05, 4.69) is 0 Å². The molecular formula is C17H17N3O5. The summed E-state index contributed by atoms with van der Waals surface area (Å²) in [5.74, 6) is 0.244. The summed E-state index contributed by atoms with van der Waals surface area (Å²) < 4.78 is 10.4. The molecule has 2 aliphatic heterocycles. The molecule has 25 heavy (non-hydrogen) atoms. The van der Waals surface area contributed by atoms with E-state index in [0.717, 1.165) is 25.7 Å². The number of likely N-dealkylation sites (tertiary alicyclic amines) is 1. The van der Waals surface area contributed by atoms with E-state index in [4.69, 9.17) is 9.47 Å². The van der Waals surface area contributed by atoms with Crippen LogP contribution in [0.1, 0.15) is 31.2 Å². The summed E-state index contributed by atoms with van der Waals surface area (Å²) in [5.41, 5.74) is -0.210. The molecule has 0 atom stereocenters. The number of hydrogen-bond acceptors (Lipinski definition) is 6. The molecule has 0 saturated carbocycles. The molecule has 0 radical (unpaired) electrons. The van der Waals surface area contributed by atoms with Gasteiger partial charge in [-0.3, -0.25) is 14.9 Å². The second-order valence-corrected chi connectivity index (χ2v) is 5.90. The first kappa shape index (κ1) is 16.8. The summed E-state index contributed by atoms with van der Waals surface area (Å²) in [4.78, 5) is 25.0.